The Labute approximate surface area is 103 Å². The van der Waals surface area contributed by atoms with Gasteiger partial charge in [0.05, 0.1) is 17.5 Å². The van der Waals surface area contributed by atoms with Gasteiger partial charge in [0.2, 0.25) is 0 Å². The highest BCUT2D eigenvalue weighted by molar-refractivity contribution is 7.15. The van der Waals surface area contributed by atoms with Gasteiger partial charge >= 0.3 is 0 Å². The number of carbonyl (C=O) groups is 1. The molecule has 90 valence electrons. The number of nitrogens with one attached hydrogen (secondary N) is 1. The maximum atomic E-state index is 11.9. The highest BCUT2D eigenvalue weighted by Crippen LogP contribution is 2.21. The van der Waals surface area contributed by atoms with Gasteiger partial charge in [-0.25, -0.2) is 4.98 Å². The van der Waals surface area contributed by atoms with E-state index in [0.29, 0.717) is 10.7 Å². The third kappa shape index (κ3) is 2.52. The summed E-state index contributed by atoms with van der Waals surface area (Å²) >= 11 is 1.48. The smallest absolute Gasteiger partial charge is 0.260 e. The first-order valence-electron chi connectivity index (χ1n) is 5.38. The Balaban J connectivity index is 2.11. The van der Waals surface area contributed by atoms with Crippen LogP contribution in [0, 0.1) is 13.8 Å². The van der Waals surface area contributed by atoms with E-state index in [-0.39, 0.29) is 5.91 Å². The van der Waals surface area contributed by atoms with Crippen molar-refractivity contribution in [1.82, 2.24) is 14.8 Å². The molecule has 0 bridgehead atoms. The molecule has 0 atom stereocenters. The second kappa shape index (κ2) is 4.67. The molecule has 1 amide bonds. The minimum Gasteiger partial charge on any atom is -0.298 e. The van der Waals surface area contributed by atoms with Crippen molar-refractivity contribution in [2.75, 3.05) is 5.32 Å². The molecule has 2 heterocycles. The van der Waals surface area contributed by atoms with Crippen molar-refractivity contribution in [2.24, 2.45) is 0 Å². The summed E-state index contributed by atoms with van der Waals surface area (Å²) in [7, 11) is 0. The van der Waals surface area contributed by atoms with E-state index in [1.54, 1.807) is 17.1 Å². The molecule has 0 aliphatic rings. The van der Waals surface area contributed by atoms with Crippen LogP contribution in [-0.2, 0) is 6.54 Å². The number of amides is 1. The first-order valence-corrected chi connectivity index (χ1v) is 6.19. The second-order valence-electron chi connectivity index (χ2n) is 3.70. The Bertz CT molecular complexity index is 524. The van der Waals surface area contributed by atoms with Gasteiger partial charge in [-0.1, -0.05) is 0 Å². The van der Waals surface area contributed by atoms with Gasteiger partial charge in [-0.15, -0.1) is 11.3 Å². The van der Waals surface area contributed by atoms with Crippen LogP contribution >= 0.6 is 11.3 Å². The predicted octanol–water partition coefficient (Wildman–Crippen LogP) is 2.23. The first kappa shape index (κ1) is 11.8. The number of thiazole rings is 1. The van der Waals surface area contributed by atoms with Crippen LogP contribution in [0.25, 0.3) is 0 Å². The average molecular weight is 250 g/mol. The van der Waals surface area contributed by atoms with E-state index in [9.17, 15) is 4.79 Å². The fourth-order valence-corrected chi connectivity index (χ4v) is 2.16. The lowest BCUT2D eigenvalue weighted by atomic mass is 10.3. The van der Waals surface area contributed by atoms with E-state index in [4.69, 9.17) is 0 Å². The minimum absolute atomic E-state index is 0.168. The molecule has 0 aromatic carbocycles. The van der Waals surface area contributed by atoms with Crippen molar-refractivity contribution in [3.63, 3.8) is 0 Å². The van der Waals surface area contributed by atoms with Crippen molar-refractivity contribution in [3.8, 4) is 0 Å². The van der Waals surface area contributed by atoms with Crippen molar-refractivity contribution in [3.05, 3.63) is 28.5 Å². The summed E-state index contributed by atoms with van der Waals surface area (Å²) in [5.74, 6) is -0.168. The van der Waals surface area contributed by atoms with Crippen LogP contribution < -0.4 is 5.32 Å². The lowest BCUT2D eigenvalue weighted by molar-refractivity contribution is 0.102. The van der Waals surface area contributed by atoms with Gasteiger partial charge in [0, 0.05) is 17.6 Å². The summed E-state index contributed by atoms with van der Waals surface area (Å²) in [4.78, 5) is 17.2. The van der Waals surface area contributed by atoms with Crippen LogP contribution in [-0.4, -0.2) is 20.7 Å². The van der Waals surface area contributed by atoms with Crippen LogP contribution in [0.15, 0.2) is 12.4 Å². The Morgan fingerprint density at radius 1 is 1.53 bits per heavy atom. The SMILES string of the molecule is CCn1cc(C(=O)Nc2nc(C)c(C)s2)cn1. The molecule has 0 spiro atoms. The van der Waals surface area contributed by atoms with Gasteiger partial charge in [-0.05, 0) is 20.8 Å². The molecular formula is C11H14N4OS. The molecular weight excluding hydrogens is 236 g/mol. The number of hydrogen-bond acceptors (Lipinski definition) is 4. The van der Waals surface area contributed by atoms with Crippen molar-refractivity contribution in [1.29, 1.82) is 0 Å². The summed E-state index contributed by atoms with van der Waals surface area (Å²) in [6.07, 6.45) is 3.29. The zero-order valence-electron chi connectivity index (χ0n) is 10.0. The van der Waals surface area contributed by atoms with Crippen LogP contribution in [0.2, 0.25) is 0 Å². The van der Waals surface area contributed by atoms with Crippen LogP contribution in [0.3, 0.4) is 0 Å². The monoisotopic (exact) mass is 250 g/mol. The summed E-state index contributed by atoms with van der Waals surface area (Å²) < 4.78 is 1.72. The summed E-state index contributed by atoms with van der Waals surface area (Å²) in [5, 5.41) is 7.46. The first-order chi connectivity index (χ1) is 8.10. The van der Waals surface area contributed by atoms with Gasteiger partial charge in [0.15, 0.2) is 5.13 Å². The Morgan fingerprint density at radius 3 is 2.82 bits per heavy atom. The quantitative estimate of drug-likeness (QED) is 0.908. The molecule has 0 aliphatic heterocycles. The largest absolute Gasteiger partial charge is 0.298 e. The predicted molar refractivity (Wildman–Crippen MR) is 67.4 cm³/mol. The average Bonchev–Trinajstić information content (AvgIpc) is 2.87. The Morgan fingerprint density at radius 2 is 2.29 bits per heavy atom. The third-order valence-electron chi connectivity index (χ3n) is 2.47. The standard InChI is InChI=1S/C11H14N4OS/c1-4-15-6-9(5-12-15)10(16)14-11-13-7(2)8(3)17-11/h5-6H,4H2,1-3H3,(H,13,14,16). The molecule has 2 aromatic heterocycles. The number of hydrogen-bond donors (Lipinski definition) is 1. The van der Waals surface area contributed by atoms with Gasteiger partial charge in [-0.3, -0.25) is 14.8 Å². The van der Waals surface area contributed by atoms with Gasteiger partial charge in [-0.2, -0.15) is 5.10 Å². The van der Waals surface area contributed by atoms with E-state index in [0.717, 1.165) is 17.1 Å². The number of anilines is 1. The third-order valence-corrected chi connectivity index (χ3v) is 3.46. The Kier molecular flexibility index (Phi) is 3.23. The molecule has 17 heavy (non-hydrogen) atoms. The van der Waals surface area contributed by atoms with E-state index in [1.807, 2.05) is 20.8 Å². The number of aryl methyl sites for hydroxylation is 3. The zero-order chi connectivity index (χ0) is 12.4. The molecule has 0 saturated carbocycles. The molecule has 1 N–H and O–H groups in total. The summed E-state index contributed by atoms with van der Waals surface area (Å²) in [6.45, 7) is 6.64. The van der Waals surface area contributed by atoms with E-state index >= 15 is 0 Å². The topological polar surface area (TPSA) is 59.8 Å². The number of rotatable bonds is 3. The van der Waals surface area contributed by atoms with Crippen LogP contribution in [0.5, 0.6) is 0 Å². The minimum atomic E-state index is -0.168. The zero-order valence-corrected chi connectivity index (χ0v) is 10.8. The van der Waals surface area contributed by atoms with Crippen molar-refractivity contribution in [2.45, 2.75) is 27.3 Å². The van der Waals surface area contributed by atoms with Crippen molar-refractivity contribution >= 4 is 22.4 Å². The lowest BCUT2D eigenvalue weighted by Gasteiger charge is -1.97. The fourth-order valence-electron chi connectivity index (χ4n) is 1.35. The highest BCUT2D eigenvalue weighted by atomic mass is 32.1. The maximum Gasteiger partial charge on any atom is 0.260 e. The number of aromatic nitrogens is 3. The molecule has 0 fully saturated rings. The molecule has 0 saturated heterocycles. The molecule has 2 rings (SSSR count). The second-order valence-corrected chi connectivity index (χ2v) is 4.90. The molecule has 2 aromatic rings. The van der Waals surface area contributed by atoms with E-state index in [1.165, 1.54) is 11.3 Å². The maximum absolute atomic E-state index is 11.9. The summed E-state index contributed by atoms with van der Waals surface area (Å²) in [6, 6.07) is 0. The van der Waals surface area contributed by atoms with Gasteiger partial charge in [0.1, 0.15) is 0 Å². The van der Waals surface area contributed by atoms with Gasteiger partial charge in [0.25, 0.3) is 5.91 Å². The molecule has 0 radical (unpaired) electrons. The number of carbonyl (C=O) groups excluding carboxylic acids is 1. The fraction of sp³-hybridized carbons (Fsp3) is 0.364. The Hall–Kier alpha value is -1.69. The van der Waals surface area contributed by atoms with Crippen LogP contribution in [0.1, 0.15) is 27.9 Å². The highest BCUT2D eigenvalue weighted by Gasteiger charge is 2.11. The van der Waals surface area contributed by atoms with Crippen LogP contribution in [0.4, 0.5) is 5.13 Å². The lowest BCUT2D eigenvalue weighted by Crippen LogP contribution is -2.10. The number of nitrogens with zero attached hydrogens (tertiary/aromatic N) is 3. The molecule has 6 heteroatoms. The molecule has 5 nitrogen and oxygen atoms in total. The van der Waals surface area contributed by atoms with E-state index < -0.39 is 0 Å². The van der Waals surface area contributed by atoms with Crippen molar-refractivity contribution < 1.29 is 4.79 Å². The molecule has 0 aliphatic carbocycles. The molecule has 0 unspecified atom stereocenters. The normalized spacial score (nSPS) is 10.5. The summed E-state index contributed by atoms with van der Waals surface area (Å²) in [5.41, 5.74) is 1.51. The van der Waals surface area contributed by atoms with E-state index in [2.05, 4.69) is 15.4 Å². The van der Waals surface area contributed by atoms with Gasteiger partial charge < -0.3 is 0 Å².